The summed E-state index contributed by atoms with van der Waals surface area (Å²) in [5, 5.41) is 40.7. The Labute approximate surface area is 394 Å². The maximum absolute atomic E-state index is 14.2. The lowest BCUT2D eigenvalue weighted by Crippen LogP contribution is -2.49. The van der Waals surface area contributed by atoms with Crippen molar-refractivity contribution in [1.29, 1.82) is 0 Å². The Bertz CT molecular complexity index is 2980. The monoisotopic (exact) mass is 926 g/mol. The number of carbonyl (C=O) groups is 2. The van der Waals surface area contributed by atoms with E-state index in [1.807, 2.05) is 56.3 Å². The second-order valence-electron chi connectivity index (χ2n) is 18.2. The minimum atomic E-state index is -1.79. The first-order valence-electron chi connectivity index (χ1n) is 23.4. The molecule has 9 rings (SSSR count). The molecule has 1 amide bonds. The summed E-state index contributed by atoms with van der Waals surface area (Å²) in [6.07, 6.45) is 1.72. The predicted molar refractivity (Wildman–Crippen MR) is 254 cm³/mol. The van der Waals surface area contributed by atoms with Crippen molar-refractivity contribution < 1.29 is 39.1 Å². The quantitative estimate of drug-likeness (QED) is 0.0759. The molecule has 17 heteroatoms. The number of aromatic hydroxyl groups is 3. The van der Waals surface area contributed by atoms with Gasteiger partial charge in [0.25, 0.3) is 5.56 Å². The minimum absolute atomic E-state index is 0.00254. The topological polar surface area (TPSA) is 198 Å². The second-order valence-corrected chi connectivity index (χ2v) is 18.2. The molecule has 0 radical (unpaired) electrons. The molecule has 3 aliphatic rings. The maximum Gasteiger partial charge on any atom is 0.410 e. The largest absolute Gasteiger partial charge is 0.508 e. The molecule has 6 aromatic rings. The predicted octanol–water partition coefficient (Wildman–Crippen LogP) is 6.81. The average Bonchev–Trinajstić information content (AvgIpc) is 3.90. The number of cyclic esters (lactones) is 1. The van der Waals surface area contributed by atoms with E-state index in [2.05, 4.69) is 26.9 Å². The Morgan fingerprint density at radius 2 is 1.66 bits per heavy atom. The van der Waals surface area contributed by atoms with E-state index in [0.29, 0.717) is 52.4 Å². The molecule has 3 aromatic carbocycles. The smallest absolute Gasteiger partial charge is 0.410 e. The number of aryl methyl sites for hydroxylation is 1. The molecular weight excluding hydrogens is 869 g/mol. The van der Waals surface area contributed by atoms with Crippen LogP contribution in [0, 0.1) is 0 Å². The lowest BCUT2D eigenvalue weighted by Gasteiger charge is -2.36. The van der Waals surface area contributed by atoms with Crippen LogP contribution in [0.25, 0.3) is 39.4 Å². The standard InChI is InChI=1S/C51H58N8O9/c1-7-34-36-23-33(66-6)15-16-41(36)52-45-38(34)28-58-42(45)25-40-39(47(58)62)29-67-48(63)51(40,8-2)68-50(65)55(5)17-9-10-18-56-19-21-57(22-20-56)27-31-11-13-32(14-12-31)59-46(53-54-49(59)64)37-24-35(30(3)4)43(60)26-44(37)61/h11-16,23-26,30,60-61H,7-10,17-22,27-29H2,1-6H3,(H,54,64). The lowest BCUT2D eigenvalue weighted by atomic mass is 9.85. The number of unbranched alkanes of at least 4 members (excludes halogenated alkanes) is 1. The summed E-state index contributed by atoms with van der Waals surface area (Å²) in [6, 6.07) is 18.0. The average molecular weight is 927 g/mol. The maximum atomic E-state index is 14.2. The molecule has 0 aliphatic carbocycles. The number of methoxy groups -OCH3 is 1. The molecule has 356 valence electrons. The Morgan fingerprint density at radius 3 is 2.37 bits per heavy atom. The Balaban J connectivity index is 0.788. The van der Waals surface area contributed by atoms with Gasteiger partial charge in [-0.05, 0) is 97.3 Å². The summed E-state index contributed by atoms with van der Waals surface area (Å²) in [5.74, 6) is 0.105. The van der Waals surface area contributed by atoms with E-state index in [9.17, 15) is 29.7 Å². The fourth-order valence-electron chi connectivity index (χ4n) is 9.94. The highest BCUT2D eigenvalue weighted by molar-refractivity contribution is 5.90. The van der Waals surface area contributed by atoms with E-state index < -0.39 is 17.7 Å². The van der Waals surface area contributed by atoms with Crippen molar-refractivity contribution in [3.05, 3.63) is 104 Å². The molecular formula is C51H58N8O9. The van der Waals surface area contributed by atoms with Crippen molar-refractivity contribution in [2.75, 3.05) is 53.4 Å². The molecule has 1 saturated heterocycles. The van der Waals surface area contributed by atoms with Crippen LogP contribution in [0.15, 0.2) is 65.5 Å². The lowest BCUT2D eigenvalue weighted by molar-refractivity contribution is -0.173. The zero-order chi connectivity index (χ0) is 48.0. The van der Waals surface area contributed by atoms with Crippen LogP contribution in [-0.4, -0.2) is 120 Å². The number of phenols is 2. The van der Waals surface area contributed by atoms with Gasteiger partial charge in [0, 0.05) is 68.9 Å². The van der Waals surface area contributed by atoms with Crippen LogP contribution in [0.2, 0.25) is 0 Å². The van der Waals surface area contributed by atoms with E-state index >= 15 is 0 Å². The van der Waals surface area contributed by atoms with Gasteiger partial charge in [-0.25, -0.2) is 19.1 Å². The highest BCUT2D eigenvalue weighted by Crippen LogP contribution is 2.43. The number of carbonyl (C=O) groups excluding carboxylic acids is 2. The number of piperazine rings is 1. The van der Waals surface area contributed by atoms with E-state index in [1.165, 1.54) is 15.5 Å². The van der Waals surface area contributed by atoms with Crippen molar-refractivity contribution >= 4 is 23.0 Å². The Kier molecular flexibility index (Phi) is 12.6. The molecule has 0 saturated carbocycles. The first kappa shape index (κ1) is 46.1. The van der Waals surface area contributed by atoms with E-state index in [1.54, 1.807) is 37.8 Å². The van der Waals surface area contributed by atoms with Crippen LogP contribution in [0.1, 0.15) is 86.3 Å². The fourth-order valence-corrected chi connectivity index (χ4v) is 9.94. The first-order valence-corrected chi connectivity index (χ1v) is 23.4. The number of rotatable bonds is 14. The van der Waals surface area contributed by atoms with Crippen LogP contribution in [0.4, 0.5) is 4.79 Å². The van der Waals surface area contributed by atoms with E-state index in [-0.39, 0.29) is 47.8 Å². The Morgan fingerprint density at radius 1 is 0.912 bits per heavy atom. The molecule has 17 nitrogen and oxygen atoms in total. The number of fused-ring (bicyclic) bond motifs is 5. The molecule has 6 heterocycles. The first-order chi connectivity index (χ1) is 32.7. The number of phenolic OH excluding ortho intramolecular Hbond substituents is 2. The number of benzene rings is 3. The van der Waals surface area contributed by atoms with Crippen LogP contribution >= 0.6 is 0 Å². The molecule has 0 spiro atoms. The van der Waals surface area contributed by atoms with Crippen molar-refractivity contribution in [3.63, 3.8) is 0 Å². The SMILES string of the molecule is CCc1c2c(nc3ccc(OC)cc13)-c1cc3c(c(=O)n1C2)COC(=O)C3(CC)OC(=O)N(C)CCCCN1CCN(Cc2ccc(-n3c(O)nnc3-c3cc(C(C)C)c(O)cc3O)cc2)CC1. The third kappa shape index (κ3) is 8.27. The van der Waals surface area contributed by atoms with Crippen molar-refractivity contribution in [2.24, 2.45) is 0 Å². The molecule has 1 atom stereocenters. The van der Waals surface area contributed by atoms with Gasteiger partial charge in [0.05, 0.1) is 47.4 Å². The zero-order valence-corrected chi connectivity index (χ0v) is 39.4. The number of esters is 1. The van der Waals surface area contributed by atoms with Gasteiger partial charge in [-0.3, -0.25) is 9.69 Å². The van der Waals surface area contributed by atoms with Crippen molar-refractivity contribution in [1.82, 2.24) is 39.0 Å². The fraction of sp³-hybridized carbons (Fsp3) is 0.412. The summed E-state index contributed by atoms with van der Waals surface area (Å²) in [4.78, 5) is 53.0. The van der Waals surface area contributed by atoms with Gasteiger partial charge < -0.3 is 43.9 Å². The number of amides is 1. The van der Waals surface area contributed by atoms with Gasteiger partial charge in [0.2, 0.25) is 5.60 Å². The number of aromatic nitrogens is 5. The molecule has 1 unspecified atom stereocenters. The van der Waals surface area contributed by atoms with Gasteiger partial charge >= 0.3 is 18.1 Å². The third-order valence-electron chi connectivity index (χ3n) is 13.8. The summed E-state index contributed by atoms with van der Waals surface area (Å²) in [7, 11) is 3.29. The van der Waals surface area contributed by atoms with Crippen LogP contribution in [0.3, 0.4) is 0 Å². The number of nitrogens with zero attached hydrogens (tertiary/aromatic N) is 8. The normalized spacial score (nSPS) is 17.0. The minimum Gasteiger partial charge on any atom is -0.508 e. The van der Waals surface area contributed by atoms with E-state index in [4.69, 9.17) is 19.2 Å². The van der Waals surface area contributed by atoms with Gasteiger partial charge in [0.15, 0.2) is 5.82 Å². The molecule has 3 aliphatic heterocycles. The summed E-state index contributed by atoms with van der Waals surface area (Å²) >= 11 is 0. The summed E-state index contributed by atoms with van der Waals surface area (Å²) in [5.41, 5.74) is 5.36. The van der Waals surface area contributed by atoms with Gasteiger partial charge in [-0.1, -0.05) is 44.9 Å². The van der Waals surface area contributed by atoms with Crippen molar-refractivity contribution in [2.45, 2.75) is 84.6 Å². The van der Waals surface area contributed by atoms with Gasteiger partial charge in [0.1, 0.15) is 23.9 Å². The molecule has 0 bridgehead atoms. The molecule has 1 fully saturated rings. The zero-order valence-electron chi connectivity index (χ0n) is 39.4. The van der Waals surface area contributed by atoms with Gasteiger partial charge in [-0.2, -0.15) is 0 Å². The van der Waals surface area contributed by atoms with Crippen LogP contribution in [0.5, 0.6) is 23.3 Å². The number of ether oxygens (including phenoxy) is 3. The molecule has 68 heavy (non-hydrogen) atoms. The summed E-state index contributed by atoms with van der Waals surface area (Å²) in [6.45, 7) is 13.5. The highest BCUT2D eigenvalue weighted by Gasteiger charge is 2.51. The Hall–Kier alpha value is -6.98. The third-order valence-corrected chi connectivity index (χ3v) is 13.8. The highest BCUT2D eigenvalue weighted by atomic mass is 16.6. The second kappa shape index (κ2) is 18.6. The number of hydrogen-bond acceptors (Lipinski definition) is 14. The molecule has 3 aromatic heterocycles. The number of pyridine rings is 2. The van der Waals surface area contributed by atoms with Gasteiger partial charge in [-0.15, -0.1) is 5.10 Å². The van der Waals surface area contributed by atoms with E-state index in [0.717, 1.165) is 91.9 Å². The molecule has 3 N–H and O–H groups in total. The summed E-state index contributed by atoms with van der Waals surface area (Å²) < 4.78 is 20.4. The van der Waals surface area contributed by atoms with Crippen LogP contribution in [-0.2, 0) is 46.0 Å². The van der Waals surface area contributed by atoms with Crippen molar-refractivity contribution in [3.8, 4) is 51.7 Å². The number of hydrogen-bond donors (Lipinski definition) is 3. The van der Waals surface area contributed by atoms with Crippen LogP contribution < -0.4 is 10.3 Å².